The summed E-state index contributed by atoms with van der Waals surface area (Å²) in [5.41, 5.74) is 2.49. The number of rotatable bonds is 5. The van der Waals surface area contributed by atoms with E-state index in [0.29, 0.717) is 57.6 Å². The van der Waals surface area contributed by atoms with Crippen molar-refractivity contribution in [1.82, 2.24) is 30.2 Å². The van der Waals surface area contributed by atoms with E-state index >= 15 is 0 Å². The lowest BCUT2D eigenvalue weighted by molar-refractivity contribution is -0.126. The number of methoxy groups -OCH3 is 1. The Hall–Kier alpha value is -4.25. The Labute approximate surface area is 257 Å². The van der Waals surface area contributed by atoms with Gasteiger partial charge in [0.15, 0.2) is 0 Å². The van der Waals surface area contributed by atoms with E-state index in [9.17, 15) is 18.8 Å². The number of amides is 3. The molecule has 11 heteroatoms. The first-order valence-corrected chi connectivity index (χ1v) is 15.3. The van der Waals surface area contributed by atoms with Gasteiger partial charge in [0.1, 0.15) is 23.3 Å². The van der Waals surface area contributed by atoms with Gasteiger partial charge in [-0.05, 0) is 61.4 Å². The molecule has 3 amide bonds. The van der Waals surface area contributed by atoms with Gasteiger partial charge >= 0.3 is 0 Å². The third-order valence-electron chi connectivity index (χ3n) is 8.37. The second kappa shape index (κ2) is 14.0. The van der Waals surface area contributed by atoms with Gasteiger partial charge in [-0.2, -0.15) is 5.10 Å². The van der Waals surface area contributed by atoms with Gasteiger partial charge in [-0.1, -0.05) is 32.0 Å². The highest BCUT2D eigenvalue weighted by molar-refractivity contribution is 5.98. The average Bonchev–Trinajstić information content (AvgIpc) is 3.69. The number of aromatic nitrogens is 2. The quantitative estimate of drug-likeness (QED) is 0.463. The predicted octanol–water partition coefficient (Wildman–Crippen LogP) is 3.33. The van der Waals surface area contributed by atoms with Gasteiger partial charge in [0.2, 0.25) is 11.8 Å². The minimum Gasteiger partial charge on any atom is -0.494 e. The number of fused-ring (bicyclic) bond motifs is 3. The summed E-state index contributed by atoms with van der Waals surface area (Å²) < 4.78 is 22.1. The maximum absolute atomic E-state index is 14.8. The normalized spacial score (nSPS) is 20.7. The van der Waals surface area contributed by atoms with E-state index in [1.165, 1.54) is 11.0 Å². The Morgan fingerprint density at radius 2 is 1.93 bits per heavy atom. The van der Waals surface area contributed by atoms with Crippen molar-refractivity contribution in [3.05, 3.63) is 77.4 Å². The number of ether oxygens (including phenoxy) is 1. The van der Waals surface area contributed by atoms with Crippen LogP contribution < -0.4 is 15.4 Å². The number of carbonyl (C=O) groups is 3. The second-order valence-corrected chi connectivity index (χ2v) is 11.9. The third kappa shape index (κ3) is 7.27. The van der Waals surface area contributed by atoms with Gasteiger partial charge in [0.25, 0.3) is 5.91 Å². The minimum atomic E-state index is -0.682. The smallest absolute Gasteiger partial charge is 0.257 e. The highest BCUT2D eigenvalue weighted by Gasteiger charge is 2.37. The molecule has 0 unspecified atom stereocenters. The molecule has 0 radical (unpaired) electrons. The summed E-state index contributed by atoms with van der Waals surface area (Å²) in [4.78, 5) is 43.8. The Morgan fingerprint density at radius 3 is 2.73 bits per heavy atom. The summed E-state index contributed by atoms with van der Waals surface area (Å²) in [6, 6.07) is 11.2. The standard InChI is InChI=1S/C33H41FN6O4/c1-22(2)27-20-38(18-24-17-36-40(19-24)28-9-4-5-11-30(28)44-3)21-31(41)35-14-6-8-23-12-13-26(34)25(16-23)33(43)39-15-7-10-29(39)32(42)37-27/h4-5,9,11-13,16-17,19,22,27,29H,6-8,10,14-15,18,20-21H2,1-3H3,(H,35,41)(H,37,42)/t27-,29-/m0/s1. The van der Waals surface area contributed by atoms with E-state index in [0.717, 1.165) is 16.8 Å². The van der Waals surface area contributed by atoms with Crippen molar-refractivity contribution in [2.45, 2.75) is 58.2 Å². The van der Waals surface area contributed by atoms with E-state index in [1.807, 2.05) is 49.2 Å². The highest BCUT2D eigenvalue weighted by Crippen LogP contribution is 2.24. The van der Waals surface area contributed by atoms with Crippen LogP contribution in [0.3, 0.4) is 0 Å². The predicted molar refractivity (Wildman–Crippen MR) is 164 cm³/mol. The maximum atomic E-state index is 14.8. The Bertz CT molecular complexity index is 1490. The molecule has 2 atom stereocenters. The molecule has 3 heterocycles. The lowest BCUT2D eigenvalue weighted by atomic mass is 10.0. The molecule has 10 nitrogen and oxygen atoms in total. The molecule has 1 saturated heterocycles. The molecule has 2 N–H and O–H groups in total. The molecule has 5 rings (SSSR count). The zero-order valence-corrected chi connectivity index (χ0v) is 25.6. The number of nitrogens with one attached hydrogen (secondary N) is 2. The van der Waals surface area contributed by atoms with Crippen LogP contribution in [0.4, 0.5) is 4.39 Å². The van der Waals surface area contributed by atoms with Crippen LogP contribution in [0.25, 0.3) is 5.69 Å². The minimum absolute atomic E-state index is 0.0178. The van der Waals surface area contributed by atoms with Crippen LogP contribution in [0.2, 0.25) is 0 Å². The van der Waals surface area contributed by atoms with Crippen molar-refractivity contribution in [1.29, 1.82) is 0 Å². The fourth-order valence-corrected chi connectivity index (χ4v) is 5.92. The van der Waals surface area contributed by atoms with Gasteiger partial charge in [0, 0.05) is 44.0 Å². The monoisotopic (exact) mass is 604 g/mol. The van der Waals surface area contributed by atoms with Crippen molar-refractivity contribution in [2.24, 2.45) is 5.92 Å². The van der Waals surface area contributed by atoms with Crippen molar-refractivity contribution in [2.75, 3.05) is 33.3 Å². The molecular weight excluding hydrogens is 563 g/mol. The lowest BCUT2D eigenvalue weighted by Crippen LogP contribution is -2.53. The van der Waals surface area contributed by atoms with Gasteiger partial charge in [-0.25, -0.2) is 9.07 Å². The number of halogens is 1. The molecule has 2 aliphatic rings. The molecule has 2 bridgehead atoms. The summed E-state index contributed by atoms with van der Waals surface area (Å²) in [6.07, 6.45) is 6.07. The molecule has 0 aliphatic carbocycles. The van der Waals surface area contributed by atoms with Crippen molar-refractivity contribution in [3.63, 3.8) is 0 Å². The van der Waals surface area contributed by atoms with Gasteiger partial charge in [-0.15, -0.1) is 0 Å². The lowest BCUT2D eigenvalue weighted by Gasteiger charge is -2.32. The van der Waals surface area contributed by atoms with Crippen LogP contribution in [0, 0.1) is 11.7 Å². The number of para-hydroxylation sites is 2. The highest BCUT2D eigenvalue weighted by atomic mass is 19.1. The maximum Gasteiger partial charge on any atom is 0.257 e. The van der Waals surface area contributed by atoms with Gasteiger partial charge < -0.3 is 20.3 Å². The van der Waals surface area contributed by atoms with Crippen molar-refractivity contribution >= 4 is 17.7 Å². The zero-order valence-electron chi connectivity index (χ0n) is 25.6. The Kier molecular flexibility index (Phi) is 9.94. The van der Waals surface area contributed by atoms with Crippen LogP contribution in [0.1, 0.15) is 54.6 Å². The van der Waals surface area contributed by atoms with E-state index in [4.69, 9.17) is 4.74 Å². The molecule has 234 valence electrons. The number of aryl methyl sites for hydroxylation is 1. The molecule has 2 aliphatic heterocycles. The number of nitrogens with zero attached hydrogens (tertiary/aromatic N) is 4. The third-order valence-corrected chi connectivity index (χ3v) is 8.37. The Balaban J connectivity index is 1.40. The number of hydrogen-bond donors (Lipinski definition) is 2. The fraction of sp³-hybridized carbons (Fsp3) is 0.455. The average molecular weight is 605 g/mol. The molecule has 1 aromatic heterocycles. The first kappa shape index (κ1) is 31.2. The van der Waals surface area contributed by atoms with Crippen LogP contribution in [0.5, 0.6) is 5.75 Å². The van der Waals surface area contributed by atoms with Crippen molar-refractivity contribution < 1.29 is 23.5 Å². The molecule has 3 aromatic rings. The van der Waals surface area contributed by atoms with Crippen LogP contribution in [-0.2, 0) is 22.6 Å². The zero-order chi connectivity index (χ0) is 31.2. The largest absolute Gasteiger partial charge is 0.494 e. The summed E-state index contributed by atoms with van der Waals surface area (Å²) >= 11 is 0. The first-order valence-electron chi connectivity index (χ1n) is 15.3. The molecule has 44 heavy (non-hydrogen) atoms. The topological polar surface area (TPSA) is 109 Å². The Morgan fingerprint density at radius 1 is 1.11 bits per heavy atom. The van der Waals surface area contributed by atoms with E-state index < -0.39 is 17.8 Å². The van der Waals surface area contributed by atoms with Crippen LogP contribution in [0.15, 0.2) is 54.9 Å². The summed E-state index contributed by atoms with van der Waals surface area (Å²) in [7, 11) is 1.62. The molecule has 0 spiro atoms. The number of benzene rings is 2. The van der Waals surface area contributed by atoms with Crippen molar-refractivity contribution in [3.8, 4) is 11.4 Å². The van der Waals surface area contributed by atoms with Gasteiger partial charge in [-0.3, -0.25) is 19.3 Å². The molecule has 2 aromatic carbocycles. The summed E-state index contributed by atoms with van der Waals surface area (Å²) in [5.74, 6) is -0.711. The number of carbonyl (C=O) groups excluding carboxylic acids is 3. The van der Waals surface area contributed by atoms with E-state index in [2.05, 4.69) is 15.7 Å². The summed E-state index contributed by atoms with van der Waals surface area (Å²) in [6.45, 7) is 5.85. The first-order chi connectivity index (χ1) is 21.2. The molecule has 1 fully saturated rings. The molecular formula is C33H41FN6O4. The number of hydrogen-bond acceptors (Lipinski definition) is 6. The van der Waals surface area contributed by atoms with Gasteiger partial charge in [0.05, 0.1) is 25.4 Å². The van der Waals surface area contributed by atoms with E-state index in [-0.39, 0.29) is 35.9 Å². The van der Waals surface area contributed by atoms with Crippen LogP contribution >= 0.6 is 0 Å². The summed E-state index contributed by atoms with van der Waals surface area (Å²) in [5, 5.41) is 10.7. The van der Waals surface area contributed by atoms with E-state index in [1.54, 1.807) is 30.1 Å². The molecule has 0 saturated carbocycles. The fourth-order valence-electron chi connectivity index (χ4n) is 5.92. The van der Waals surface area contributed by atoms with Crippen LogP contribution in [-0.4, -0.2) is 82.7 Å². The SMILES string of the molecule is COc1ccccc1-n1cc(CN2CC(=O)NCCCc3ccc(F)c(c3)C(=O)N3CCC[C@H]3C(=O)N[C@H](C(C)C)C2)cn1. The second-order valence-electron chi connectivity index (χ2n) is 11.9.